The molecule has 0 aromatic heterocycles. The van der Waals surface area contributed by atoms with E-state index < -0.39 is 39.4 Å². The van der Waals surface area contributed by atoms with Crippen LogP contribution in [0.15, 0.2) is 279 Å². The van der Waals surface area contributed by atoms with E-state index in [1.807, 2.05) is 192 Å². The zero-order chi connectivity index (χ0) is 62.0. The number of anilines is 6. The van der Waals surface area contributed by atoms with Gasteiger partial charge in [-0.1, -0.05) is 232 Å². The number of nitrogens with zero attached hydrogens (tertiary/aromatic N) is 2. The van der Waals surface area contributed by atoms with Crippen LogP contribution in [0.5, 0.6) is 0 Å². The van der Waals surface area contributed by atoms with E-state index >= 15 is 17.6 Å². The summed E-state index contributed by atoms with van der Waals surface area (Å²) < 4.78 is 69.1. The van der Waals surface area contributed by atoms with E-state index in [9.17, 15) is 0 Å². The summed E-state index contributed by atoms with van der Waals surface area (Å²) in [6, 6.07) is 90.9. The lowest BCUT2D eigenvalue weighted by Crippen LogP contribution is -2.37. The highest BCUT2D eigenvalue weighted by Gasteiger charge is 2.28. The van der Waals surface area contributed by atoms with Crippen LogP contribution in [0.1, 0.15) is 0 Å². The Bertz CT molecular complexity index is 4560. The third-order valence-corrected chi connectivity index (χ3v) is 21.7. The van der Waals surface area contributed by atoms with Crippen molar-refractivity contribution in [1.29, 1.82) is 0 Å². The highest BCUT2D eigenvalue weighted by molar-refractivity contribution is 6.89. The fourth-order valence-corrected chi connectivity index (χ4v) is 15.1. The summed E-state index contributed by atoms with van der Waals surface area (Å²) in [7, 11) is -3.59. The summed E-state index contributed by atoms with van der Waals surface area (Å²) in [5.41, 5.74) is 12.3. The molecular weight excluding hydrogens is 1150 g/mol. The van der Waals surface area contributed by atoms with Crippen LogP contribution in [0.4, 0.5) is 51.7 Å². The predicted molar refractivity (Wildman–Crippen MR) is 378 cm³/mol. The molecule has 0 saturated heterocycles. The summed E-state index contributed by atoms with van der Waals surface area (Å²) >= 11 is 0. The Labute approximate surface area is 525 Å². The molecule has 0 atom stereocenters. The average Bonchev–Trinajstić information content (AvgIpc) is 0.726. The molecule has 0 fully saturated rings. The van der Waals surface area contributed by atoms with Crippen molar-refractivity contribution >= 4 is 93.0 Å². The minimum absolute atomic E-state index is 0.176. The minimum Gasteiger partial charge on any atom is -0.307 e. The zero-order valence-corrected chi connectivity index (χ0v) is 53.0. The van der Waals surface area contributed by atoms with Crippen molar-refractivity contribution in [2.45, 2.75) is 39.3 Å². The Kier molecular flexibility index (Phi) is 14.8. The molecule has 14 aromatic rings. The second-order valence-corrected chi connectivity index (χ2v) is 35.6. The molecule has 8 heteroatoms. The maximum atomic E-state index is 17.5. The lowest BCUT2D eigenvalue weighted by molar-refractivity contribution is 0.586. The molecule has 14 rings (SSSR count). The topological polar surface area (TPSA) is 6.48 Å². The number of halogens is 4. The van der Waals surface area contributed by atoms with Gasteiger partial charge in [0, 0.05) is 45.4 Å². The van der Waals surface area contributed by atoms with E-state index in [2.05, 4.69) is 112 Å². The van der Waals surface area contributed by atoms with Crippen LogP contribution < -0.4 is 20.2 Å². The van der Waals surface area contributed by atoms with Gasteiger partial charge < -0.3 is 9.80 Å². The minimum atomic E-state index is -1.80. The van der Waals surface area contributed by atoms with E-state index in [1.165, 1.54) is 10.4 Å². The number of hydrogen-bond acceptors (Lipinski definition) is 2. The lowest BCUT2D eigenvalue weighted by Gasteiger charge is -2.30. The van der Waals surface area contributed by atoms with E-state index in [0.717, 1.165) is 89.0 Å². The SMILES string of the molecule is C[Si](C)(C)c1ccc(N(c2cc(-c3cc(-c4ccccc4)cc(-c4ccccc4)c3)c(F)cc2F)c2ccc3ccc4c(N(c5ccc([Si](C)(C)C)cc5)c5cc(-c6cc(-c7ccccc7)cc(-c7ccccc7)c6)c(F)cc5F)ccc5ccc2c3c54)cc1. The zero-order valence-electron chi connectivity index (χ0n) is 51.0. The second-order valence-electron chi connectivity index (χ2n) is 25.5. The number of hydrogen-bond donors (Lipinski definition) is 0. The highest BCUT2D eigenvalue weighted by Crippen LogP contribution is 2.50. The van der Waals surface area contributed by atoms with Crippen LogP contribution in [-0.4, -0.2) is 16.1 Å². The Morgan fingerprint density at radius 1 is 0.244 bits per heavy atom. The molecule has 0 radical (unpaired) electrons. The van der Waals surface area contributed by atoms with Crippen molar-refractivity contribution in [2.75, 3.05) is 9.80 Å². The molecule has 0 spiro atoms. The van der Waals surface area contributed by atoms with E-state index in [4.69, 9.17) is 0 Å². The highest BCUT2D eigenvalue weighted by atomic mass is 28.3. The summed E-state index contributed by atoms with van der Waals surface area (Å²) in [5, 5.41) is 7.85. The van der Waals surface area contributed by atoms with Crippen molar-refractivity contribution in [3.8, 4) is 66.8 Å². The van der Waals surface area contributed by atoms with Gasteiger partial charge in [-0.2, -0.15) is 0 Å². The average molecular weight is 1210 g/mol. The molecule has 0 amide bonds. The maximum absolute atomic E-state index is 17.5. The fourth-order valence-electron chi connectivity index (χ4n) is 12.8. The molecule has 0 heterocycles. The quantitative estimate of drug-likeness (QED) is 0.0608. The van der Waals surface area contributed by atoms with Gasteiger partial charge in [0.15, 0.2) is 0 Å². The number of rotatable bonds is 14. The Morgan fingerprint density at radius 3 is 0.833 bits per heavy atom. The summed E-state index contributed by atoms with van der Waals surface area (Å²) in [5.74, 6) is -2.81. The Hall–Kier alpha value is -10.1. The van der Waals surface area contributed by atoms with E-state index in [-0.39, 0.29) is 22.5 Å². The molecule has 14 aromatic carbocycles. The van der Waals surface area contributed by atoms with Gasteiger partial charge in [0.2, 0.25) is 0 Å². The monoisotopic (exact) mass is 1210 g/mol. The van der Waals surface area contributed by atoms with Gasteiger partial charge in [0.1, 0.15) is 23.3 Å². The van der Waals surface area contributed by atoms with Gasteiger partial charge >= 0.3 is 0 Å². The molecule has 0 aliphatic carbocycles. The molecule has 438 valence electrons. The molecular formula is C82H64F4N2Si2. The van der Waals surface area contributed by atoms with Crippen molar-refractivity contribution < 1.29 is 17.6 Å². The van der Waals surface area contributed by atoms with Crippen LogP contribution >= 0.6 is 0 Å². The first-order valence-electron chi connectivity index (χ1n) is 30.5. The van der Waals surface area contributed by atoms with Gasteiger partial charge in [-0.25, -0.2) is 17.6 Å². The molecule has 0 unspecified atom stereocenters. The first-order chi connectivity index (χ1) is 43.5. The van der Waals surface area contributed by atoms with Gasteiger partial charge in [-0.05, 0) is 162 Å². The molecule has 0 aliphatic rings. The van der Waals surface area contributed by atoms with Gasteiger partial charge in [-0.3, -0.25) is 0 Å². The van der Waals surface area contributed by atoms with Crippen LogP contribution in [0.25, 0.3) is 99.1 Å². The smallest absolute Gasteiger partial charge is 0.150 e. The lowest BCUT2D eigenvalue weighted by atomic mass is 9.91. The maximum Gasteiger partial charge on any atom is 0.150 e. The largest absolute Gasteiger partial charge is 0.307 e. The standard InChI is InChI=1S/C82H64F4N2Si2/c1-89(2,3)67-35-31-65(32-36-67)87(79-49-71(73(83)51-75(79)85)63-45-59(53-19-11-7-12-20-53)43-60(46-63)54-21-13-8-14-22-54)77-41-29-57-28-40-70-78(42-30-58-27-39-69(77)81(57)82(58)70)88(66-33-37-68(38-34-66)90(4,5)6)80-50-72(74(84)52-76(80)86)64-47-61(55-23-15-9-16-24-55)44-62(48-64)56-25-17-10-18-26-56/h7-52H,1-6H3. The van der Waals surface area contributed by atoms with Gasteiger partial charge in [-0.15, -0.1) is 0 Å². The van der Waals surface area contributed by atoms with Gasteiger partial charge in [0.25, 0.3) is 0 Å². The summed E-state index contributed by atoms with van der Waals surface area (Å²) in [6.07, 6.45) is 0. The fraction of sp³-hybridized carbons (Fsp3) is 0.0732. The van der Waals surface area contributed by atoms with Crippen LogP contribution in [0.2, 0.25) is 39.3 Å². The van der Waals surface area contributed by atoms with Crippen molar-refractivity contribution in [2.24, 2.45) is 0 Å². The van der Waals surface area contributed by atoms with Crippen molar-refractivity contribution in [3.05, 3.63) is 302 Å². The van der Waals surface area contributed by atoms with Crippen LogP contribution in [-0.2, 0) is 0 Å². The molecule has 0 bridgehead atoms. The first kappa shape index (κ1) is 57.6. The molecule has 2 nitrogen and oxygen atoms in total. The van der Waals surface area contributed by atoms with Gasteiger partial charge in [0.05, 0.1) is 38.9 Å². The molecule has 90 heavy (non-hydrogen) atoms. The third-order valence-electron chi connectivity index (χ3n) is 17.6. The Morgan fingerprint density at radius 2 is 0.533 bits per heavy atom. The predicted octanol–water partition coefficient (Wildman–Crippen LogP) is 23.2. The molecule has 0 aliphatic heterocycles. The third kappa shape index (κ3) is 10.9. The van der Waals surface area contributed by atoms with Crippen molar-refractivity contribution in [1.82, 2.24) is 0 Å². The van der Waals surface area contributed by atoms with E-state index in [0.29, 0.717) is 33.9 Å². The van der Waals surface area contributed by atoms with E-state index in [1.54, 1.807) is 12.1 Å². The van der Waals surface area contributed by atoms with Crippen LogP contribution in [0.3, 0.4) is 0 Å². The second kappa shape index (κ2) is 23.1. The first-order valence-corrected chi connectivity index (χ1v) is 37.5. The summed E-state index contributed by atoms with van der Waals surface area (Å²) in [6.45, 7) is 13.8. The van der Waals surface area contributed by atoms with Crippen LogP contribution in [0, 0.1) is 23.3 Å². The normalized spacial score (nSPS) is 11.9. The number of benzene rings is 14. The van der Waals surface area contributed by atoms with Crippen molar-refractivity contribution in [3.63, 3.8) is 0 Å². The molecule has 0 N–H and O–H groups in total. The molecule has 0 saturated carbocycles. The Balaban J connectivity index is 0.978. The summed E-state index contributed by atoms with van der Waals surface area (Å²) in [4.78, 5) is 3.85.